The molecular weight excluding hydrogens is 1300 g/mol. The van der Waals surface area contributed by atoms with Crippen molar-refractivity contribution in [2.75, 3.05) is 40.8 Å². The topological polar surface area (TPSA) is 517 Å². The molecule has 4 rings (SSSR count). The quantitative estimate of drug-likeness (QED) is 0.0105. The monoisotopic (exact) mass is 1410 g/mol. The van der Waals surface area contributed by atoms with Crippen LogP contribution in [0.4, 0.5) is 5.69 Å². The number of fused-ring (bicyclic) bond motifs is 1. The number of aryl methyl sites for hydroxylation is 1. The summed E-state index contributed by atoms with van der Waals surface area (Å²) in [6.45, 7) is 9.73. The molecule has 0 saturated heterocycles. The van der Waals surface area contributed by atoms with Crippen LogP contribution in [0.5, 0.6) is 0 Å². The number of H-pyrrole nitrogens is 1. The molecule has 2 aromatic carbocycles. The van der Waals surface area contributed by atoms with Gasteiger partial charge >= 0.3 is 0 Å². The third-order valence-corrected chi connectivity index (χ3v) is 16.5. The van der Waals surface area contributed by atoms with Crippen molar-refractivity contribution in [3.05, 3.63) is 83.6 Å². The molecule has 2 aromatic heterocycles. The molecule has 0 bridgehead atoms. The number of amides is 12. The molecule has 0 aliphatic carbocycles. The fourth-order valence-corrected chi connectivity index (χ4v) is 10.9. The minimum absolute atomic E-state index is 0.0211. The van der Waals surface area contributed by atoms with Crippen molar-refractivity contribution < 1.29 is 62.6 Å². The number of nitriles is 1. The predicted octanol–water partition coefficient (Wildman–Crippen LogP) is -1.36. The lowest BCUT2D eigenvalue weighted by Crippen LogP contribution is -2.59. The second-order valence-electron chi connectivity index (χ2n) is 26.7. The normalized spacial score (nSPS) is 14.0. The Bertz CT molecular complexity index is 3590. The smallest absolute Gasteiger partial charge is 0.251 e. The van der Waals surface area contributed by atoms with E-state index in [-0.39, 0.29) is 100 Å². The van der Waals surface area contributed by atoms with E-state index in [0.717, 1.165) is 0 Å². The van der Waals surface area contributed by atoms with Crippen molar-refractivity contribution in [2.24, 2.45) is 36.1 Å². The highest BCUT2D eigenvalue weighted by Gasteiger charge is 2.34. The van der Waals surface area contributed by atoms with E-state index in [1.165, 1.54) is 25.5 Å². The van der Waals surface area contributed by atoms with Gasteiger partial charge in [-0.25, -0.2) is 4.98 Å². The number of quaternary nitrogens is 1. The molecule has 0 fully saturated rings. The number of unbranched alkanes of at least 4 members (excludes halogenated alkanes) is 1. The van der Waals surface area contributed by atoms with E-state index in [9.17, 15) is 67.9 Å². The van der Waals surface area contributed by atoms with Gasteiger partial charge in [-0.1, -0.05) is 59.2 Å². The average molecular weight is 1410 g/mol. The first-order chi connectivity index (χ1) is 47.6. The Kier molecular flexibility index (Phi) is 33.3. The lowest BCUT2D eigenvalue weighted by atomic mass is 10.00. The third-order valence-electron chi connectivity index (χ3n) is 16.5. The van der Waals surface area contributed by atoms with E-state index in [1.54, 1.807) is 75.0 Å². The SMILES string of the molecule is CCC[C@H](NC(=O)[C@H](Cc1cncn1C)NC(=O)CNC(=O)[C@@H](NC(=O)[C@H](C)NC(=O)[C@H](Cc1c[nH]c2ccccc12)NC(=O)[C@H](CCC(N)=O)NC(=O)CCCCNC(=O)[C@H](CCCNC(=N)N)NC(=O)c1ccc([N+](C)(C)C)c(C#N)c1)C(C)C)[C@@H](O)CC(=O)N[C@@H](CC(C)C)C(N)=O. The van der Waals surface area contributed by atoms with Crippen molar-refractivity contribution in [1.29, 1.82) is 10.7 Å². The van der Waals surface area contributed by atoms with Gasteiger partial charge in [0, 0.05) is 86.4 Å². The summed E-state index contributed by atoms with van der Waals surface area (Å²) in [6, 6.07) is 4.22. The van der Waals surface area contributed by atoms with Gasteiger partial charge in [0.1, 0.15) is 59.6 Å². The number of carbonyl (C=O) groups is 12. The van der Waals surface area contributed by atoms with E-state index in [0.29, 0.717) is 45.2 Å². The molecule has 0 saturated carbocycles. The molecule has 0 aliphatic heterocycles. The van der Waals surface area contributed by atoms with Crippen molar-refractivity contribution >= 4 is 93.4 Å². The Morgan fingerprint density at radius 2 is 1.32 bits per heavy atom. The molecule has 0 spiro atoms. The van der Waals surface area contributed by atoms with Crippen molar-refractivity contribution in [1.82, 2.24) is 77.5 Å². The lowest BCUT2D eigenvalue weighted by Gasteiger charge is -2.27. The maximum absolute atomic E-state index is 14.4. The molecule has 2 heterocycles. The van der Waals surface area contributed by atoms with Crippen LogP contribution in [0.15, 0.2) is 61.2 Å². The summed E-state index contributed by atoms with van der Waals surface area (Å²) in [5.74, 6) is -9.69. The fourth-order valence-electron chi connectivity index (χ4n) is 10.9. The molecular formula is C68H103N20O13+. The van der Waals surface area contributed by atoms with Crippen LogP contribution in [-0.4, -0.2) is 192 Å². The largest absolute Gasteiger partial charge is 0.390 e. The number of benzene rings is 2. The number of carbonyl (C=O) groups excluding carboxylic acids is 12. The number of primary amides is 2. The Hall–Kier alpha value is -10.5. The number of guanidine groups is 1. The van der Waals surface area contributed by atoms with Crippen LogP contribution in [0.1, 0.15) is 139 Å². The van der Waals surface area contributed by atoms with Gasteiger partial charge in [0.05, 0.1) is 52.6 Å². The number of aliphatic hydroxyl groups excluding tert-OH is 1. The first-order valence-corrected chi connectivity index (χ1v) is 33.8. The number of para-hydroxylation sites is 1. The van der Waals surface area contributed by atoms with Gasteiger partial charge in [-0.05, 0) is 87.5 Å². The number of aromatic amines is 1. The first-order valence-electron chi connectivity index (χ1n) is 33.8. The summed E-state index contributed by atoms with van der Waals surface area (Å²) in [5, 5.41) is 58.4. The van der Waals surface area contributed by atoms with Crippen molar-refractivity contribution in [3.63, 3.8) is 0 Å². The number of nitrogens with one attached hydrogen (secondary N) is 13. The third kappa shape index (κ3) is 28.0. The van der Waals surface area contributed by atoms with Crippen LogP contribution in [0.25, 0.3) is 10.9 Å². The summed E-state index contributed by atoms with van der Waals surface area (Å²) >= 11 is 0. The summed E-state index contributed by atoms with van der Waals surface area (Å²) < 4.78 is 1.95. The Morgan fingerprint density at radius 3 is 1.94 bits per heavy atom. The molecule has 9 atom stereocenters. The highest BCUT2D eigenvalue weighted by Crippen LogP contribution is 2.24. The Morgan fingerprint density at radius 1 is 0.673 bits per heavy atom. The second-order valence-corrected chi connectivity index (χ2v) is 26.7. The molecule has 101 heavy (non-hydrogen) atoms. The van der Waals surface area contributed by atoms with E-state index in [2.05, 4.69) is 74.5 Å². The van der Waals surface area contributed by atoms with Gasteiger partial charge in [0.25, 0.3) is 5.91 Å². The summed E-state index contributed by atoms with van der Waals surface area (Å²) in [5.41, 5.74) is 19.4. The molecule has 33 heteroatoms. The number of hydrogen-bond donors (Lipinski definition) is 17. The van der Waals surface area contributed by atoms with E-state index in [1.807, 2.05) is 35.0 Å². The molecule has 0 aliphatic rings. The molecule has 4 aromatic rings. The van der Waals surface area contributed by atoms with Crippen LogP contribution >= 0.6 is 0 Å². The minimum Gasteiger partial charge on any atom is -0.390 e. The van der Waals surface area contributed by atoms with Crippen LogP contribution in [0.3, 0.4) is 0 Å². The van der Waals surface area contributed by atoms with Gasteiger partial charge < -0.3 is 90.3 Å². The lowest BCUT2D eigenvalue weighted by molar-refractivity contribution is -0.135. The number of nitrogens with zero attached hydrogens (tertiary/aromatic N) is 4. The zero-order valence-electron chi connectivity index (χ0n) is 59.3. The summed E-state index contributed by atoms with van der Waals surface area (Å²) in [4.78, 5) is 169. The molecule has 552 valence electrons. The zero-order chi connectivity index (χ0) is 75.3. The molecule has 0 radical (unpaired) electrons. The maximum Gasteiger partial charge on any atom is 0.251 e. The standard InChI is InChI=1S/C68H102N20O13/c1-11-17-47(54(89)32-57(92)81-50(60(71)94)28-38(2)3)83-66(100)52(31-44-35-74-37-87(44)7)82-58(93)36-78-67(101)59(39(4)5)86-61(95)40(6)79-65(99)51(30-43-34-77-46-19-13-12-18-45(43)46)85-64(98)49(23-25-55(70)90)80-56(91)21-14-15-26-75-63(97)48(20-16-27-76-68(72)73)84-62(96)41-22-24-53(88(8,9)10)42(29-41)33-69/h12-13,18-19,22,24,29,34-35,37-40,47-52,54,59,77,89H,11,14-17,20-21,23,25-28,30-32,36H2,1-10H3,(H17-,70,71,72,73,75,76,78,79,80,81,82,83,84,85,86,90,91,92,93,94,95,96,97,98,99,100,101)/p+1/t40-,47-,48-,49-,50-,51-,52-,54-,59-/m0/s1. The van der Waals surface area contributed by atoms with E-state index >= 15 is 0 Å². The van der Waals surface area contributed by atoms with E-state index < -0.39 is 144 Å². The highest BCUT2D eigenvalue weighted by molar-refractivity contribution is 5.99. The van der Waals surface area contributed by atoms with Crippen molar-refractivity contribution in [3.8, 4) is 6.07 Å². The second kappa shape index (κ2) is 40.5. The number of aromatic nitrogens is 3. The Labute approximate surface area is 588 Å². The average Bonchev–Trinajstić information content (AvgIpc) is 1.78. The maximum atomic E-state index is 14.4. The Balaban J connectivity index is 1.42. The van der Waals surface area contributed by atoms with Gasteiger partial charge in [0.2, 0.25) is 65.0 Å². The number of imidazole rings is 1. The number of hydrogen-bond acceptors (Lipinski definition) is 16. The number of rotatable bonds is 43. The van der Waals surface area contributed by atoms with Gasteiger partial charge in [-0.3, -0.25) is 67.4 Å². The summed E-state index contributed by atoms with van der Waals surface area (Å²) in [6.07, 6.45) is 3.63. The minimum atomic E-state index is -1.42. The number of aliphatic hydroxyl groups is 1. The zero-order valence-corrected chi connectivity index (χ0v) is 59.3. The van der Waals surface area contributed by atoms with Gasteiger partial charge in [-0.2, -0.15) is 5.26 Å². The van der Waals surface area contributed by atoms with E-state index in [4.69, 9.17) is 22.6 Å². The summed E-state index contributed by atoms with van der Waals surface area (Å²) in [7, 11) is 7.31. The van der Waals surface area contributed by atoms with Crippen LogP contribution in [0.2, 0.25) is 0 Å². The van der Waals surface area contributed by atoms with Gasteiger partial charge in [-0.15, -0.1) is 0 Å². The van der Waals surface area contributed by atoms with Crippen LogP contribution in [-0.2, 0) is 72.6 Å². The van der Waals surface area contributed by atoms with Crippen LogP contribution < -0.4 is 80.2 Å². The molecule has 12 amide bonds. The molecule has 20 N–H and O–H groups in total. The first kappa shape index (κ1) is 82.9. The molecule has 33 nitrogen and oxygen atoms in total. The fraction of sp³-hybridized carbons (Fsp3) is 0.544. The van der Waals surface area contributed by atoms with Crippen molar-refractivity contribution in [2.45, 2.75) is 179 Å². The predicted molar refractivity (Wildman–Crippen MR) is 377 cm³/mol. The van der Waals surface area contributed by atoms with Crippen LogP contribution in [0, 0.1) is 28.6 Å². The van der Waals surface area contributed by atoms with Gasteiger partial charge in [0.15, 0.2) is 5.96 Å². The number of nitrogens with two attached hydrogens (primary N) is 3. The highest BCUT2D eigenvalue weighted by atomic mass is 16.3. The molecule has 0 unspecified atom stereocenters.